The van der Waals surface area contributed by atoms with Crippen molar-refractivity contribution in [2.24, 2.45) is 0 Å². The largest absolute Gasteiger partial charge is 0.155 e. The second-order valence-electron chi connectivity index (χ2n) is 2.03. The van der Waals surface area contributed by atoms with E-state index in [1.54, 1.807) is 0 Å². The third-order valence-corrected chi connectivity index (χ3v) is 3.80. The smallest absolute Gasteiger partial charge is 0.120 e. The van der Waals surface area contributed by atoms with Gasteiger partial charge in [0.2, 0.25) is 0 Å². The van der Waals surface area contributed by atoms with E-state index in [1.165, 1.54) is 0 Å². The quantitative estimate of drug-likeness (QED) is 0.534. The molecule has 53 valence electrons. The second-order valence-corrected chi connectivity index (χ2v) is 4.40. The van der Waals surface area contributed by atoms with Crippen LogP contribution in [0.5, 0.6) is 0 Å². The van der Waals surface area contributed by atoms with E-state index in [0.717, 1.165) is 12.8 Å². The van der Waals surface area contributed by atoms with Crippen LogP contribution in [0.2, 0.25) is 0 Å². The lowest BCUT2D eigenvalue weighted by molar-refractivity contribution is 0.864. The van der Waals surface area contributed by atoms with Gasteiger partial charge in [-0.25, -0.2) is 0 Å². The Morgan fingerprint density at radius 2 is 2.00 bits per heavy atom. The Hall–Kier alpha value is 1.16. The van der Waals surface area contributed by atoms with E-state index in [2.05, 4.69) is 0 Å². The van der Waals surface area contributed by atoms with E-state index < -0.39 is 4.33 Å². The molecule has 1 atom stereocenters. The summed E-state index contributed by atoms with van der Waals surface area (Å²) in [5.41, 5.74) is 0. The number of hydrogen-bond acceptors (Lipinski definition) is 0. The molecule has 1 rings (SSSR count). The van der Waals surface area contributed by atoms with Crippen molar-refractivity contribution in [1.82, 2.24) is 0 Å². The molecule has 0 saturated heterocycles. The minimum atomic E-state index is -0.997. The molecule has 4 heteroatoms. The molecule has 0 aromatic rings. The van der Waals surface area contributed by atoms with E-state index in [4.69, 9.17) is 46.4 Å². The lowest BCUT2D eigenvalue weighted by atomic mass is 10.3. The molecule has 0 nitrogen and oxygen atoms in total. The summed E-state index contributed by atoms with van der Waals surface area (Å²) in [5, 5.41) is 0.333. The Balaban J connectivity index is 2.66. The van der Waals surface area contributed by atoms with Crippen LogP contribution < -0.4 is 0 Å². The maximum Gasteiger partial charge on any atom is 0.155 e. The fourth-order valence-electron chi connectivity index (χ4n) is 0.771. The number of alkyl halides is 3. The highest BCUT2D eigenvalue weighted by Crippen LogP contribution is 2.50. The van der Waals surface area contributed by atoms with Crippen molar-refractivity contribution in [2.45, 2.75) is 22.6 Å². The van der Waals surface area contributed by atoms with Crippen LogP contribution in [0.15, 0.2) is 0 Å². The van der Waals surface area contributed by atoms with Crippen LogP contribution in [0, 0.1) is 5.38 Å². The van der Waals surface area contributed by atoms with Crippen LogP contribution in [0.4, 0.5) is 0 Å². The lowest BCUT2D eigenvalue weighted by Gasteiger charge is -2.18. The van der Waals surface area contributed by atoms with Gasteiger partial charge in [-0.1, -0.05) is 23.2 Å². The van der Waals surface area contributed by atoms with Crippen LogP contribution in [-0.4, -0.2) is 9.71 Å². The third-order valence-electron chi connectivity index (χ3n) is 1.37. The van der Waals surface area contributed by atoms with Gasteiger partial charge in [0, 0.05) is 0 Å². The first-order valence-corrected chi connectivity index (χ1v) is 4.16. The summed E-state index contributed by atoms with van der Waals surface area (Å²) in [6.45, 7) is 0. The Morgan fingerprint density at radius 3 is 2.11 bits per heavy atom. The zero-order chi connectivity index (χ0) is 7.07. The predicted molar refractivity (Wildman–Crippen MR) is 42.4 cm³/mol. The molecule has 0 heterocycles. The van der Waals surface area contributed by atoms with Crippen LogP contribution in [0.1, 0.15) is 12.8 Å². The van der Waals surface area contributed by atoms with Crippen molar-refractivity contribution in [3.63, 3.8) is 0 Å². The molecule has 0 spiro atoms. The van der Waals surface area contributed by atoms with Crippen molar-refractivity contribution in [2.75, 3.05) is 0 Å². The van der Waals surface area contributed by atoms with E-state index in [0.29, 0.717) is 5.38 Å². The van der Waals surface area contributed by atoms with E-state index in [9.17, 15) is 0 Å². The SMILES string of the molecule is Cl[C]1CCC(Cl)C1(Cl)Cl. The molecule has 9 heavy (non-hydrogen) atoms. The number of hydrogen-bond donors (Lipinski definition) is 0. The minimum absolute atomic E-state index is 0.228. The minimum Gasteiger partial charge on any atom is -0.120 e. The molecule has 1 fully saturated rings. The van der Waals surface area contributed by atoms with Crippen molar-refractivity contribution >= 4 is 46.4 Å². The van der Waals surface area contributed by atoms with Crippen molar-refractivity contribution < 1.29 is 0 Å². The zero-order valence-corrected chi connectivity index (χ0v) is 7.53. The van der Waals surface area contributed by atoms with E-state index in [-0.39, 0.29) is 5.38 Å². The number of halogens is 4. The van der Waals surface area contributed by atoms with Gasteiger partial charge in [0.1, 0.15) is 5.38 Å². The molecular weight excluding hydrogens is 202 g/mol. The normalized spacial score (nSPS) is 35.3. The van der Waals surface area contributed by atoms with Crippen LogP contribution >= 0.6 is 46.4 Å². The molecule has 1 saturated carbocycles. The summed E-state index contributed by atoms with van der Waals surface area (Å²) in [7, 11) is 0. The van der Waals surface area contributed by atoms with Gasteiger partial charge in [0.05, 0.1) is 5.38 Å². The third kappa shape index (κ3) is 1.42. The predicted octanol–water partition coefficient (Wildman–Crippen LogP) is 3.33. The topological polar surface area (TPSA) is 0 Å². The molecule has 0 aliphatic heterocycles. The van der Waals surface area contributed by atoms with Crippen LogP contribution in [0.25, 0.3) is 0 Å². The van der Waals surface area contributed by atoms with Gasteiger partial charge in [-0.2, -0.15) is 0 Å². The van der Waals surface area contributed by atoms with Crippen LogP contribution in [-0.2, 0) is 0 Å². The first kappa shape index (κ1) is 8.26. The molecular formula is C5H5Cl4. The highest BCUT2D eigenvalue weighted by Gasteiger charge is 2.46. The van der Waals surface area contributed by atoms with Gasteiger partial charge >= 0.3 is 0 Å². The molecule has 0 bridgehead atoms. The maximum absolute atomic E-state index is 5.73. The molecule has 1 aliphatic carbocycles. The van der Waals surface area contributed by atoms with Crippen LogP contribution in [0.3, 0.4) is 0 Å². The lowest BCUT2D eigenvalue weighted by Crippen LogP contribution is -2.22. The molecule has 0 aromatic heterocycles. The summed E-state index contributed by atoms with van der Waals surface area (Å²) < 4.78 is -0.997. The summed E-state index contributed by atoms with van der Waals surface area (Å²) >= 11 is 22.9. The van der Waals surface area contributed by atoms with Crippen molar-refractivity contribution in [3.05, 3.63) is 5.38 Å². The standard InChI is InChI=1S/C5H5Cl4/c6-3-1-2-4(7)5(3,8)9/h3H,1-2H2. The Morgan fingerprint density at radius 1 is 1.44 bits per heavy atom. The fourth-order valence-corrected chi connectivity index (χ4v) is 1.72. The highest BCUT2D eigenvalue weighted by atomic mass is 35.5. The fraction of sp³-hybridized carbons (Fsp3) is 0.800. The van der Waals surface area contributed by atoms with E-state index in [1.807, 2.05) is 0 Å². The molecule has 0 amide bonds. The average molecular weight is 207 g/mol. The van der Waals surface area contributed by atoms with Crippen molar-refractivity contribution in [3.8, 4) is 0 Å². The molecule has 1 aliphatic rings. The summed E-state index contributed by atoms with van der Waals surface area (Å²) in [6, 6.07) is 0. The molecule has 1 unspecified atom stereocenters. The van der Waals surface area contributed by atoms with Gasteiger partial charge in [-0.15, -0.1) is 23.2 Å². The van der Waals surface area contributed by atoms with Crippen molar-refractivity contribution in [1.29, 1.82) is 0 Å². The van der Waals surface area contributed by atoms with E-state index >= 15 is 0 Å². The van der Waals surface area contributed by atoms with Gasteiger partial charge in [-0.05, 0) is 12.8 Å². The second kappa shape index (κ2) is 2.65. The average Bonchev–Trinajstić information content (AvgIpc) is 1.96. The number of rotatable bonds is 0. The van der Waals surface area contributed by atoms with Gasteiger partial charge in [0.25, 0.3) is 0 Å². The van der Waals surface area contributed by atoms with Gasteiger partial charge < -0.3 is 0 Å². The first-order chi connectivity index (χ1) is 4.05. The summed E-state index contributed by atoms with van der Waals surface area (Å²) in [4.78, 5) is 0. The Labute approximate surface area is 74.4 Å². The Kier molecular flexibility index (Phi) is 2.44. The maximum atomic E-state index is 5.73. The zero-order valence-electron chi connectivity index (χ0n) is 4.50. The molecule has 0 N–H and O–H groups in total. The first-order valence-electron chi connectivity index (χ1n) is 2.59. The molecule has 0 aromatic carbocycles. The van der Waals surface area contributed by atoms with Gasteiger partial charge in [0.15, 0.2) is 4.33 Å². The Bertz CT molecular complexity index is 99.5. The monoisotopic (exact) mass is 205 g/mol. The molecule has 1 radical (unpaired) electrons. The highest BCUT2D eigenvalue weighted by molar-refractivity contribution is 6.58. The summed E-state index contributed by atoms with van der Waals surface area (Å²) in [5.74, 6) is 0. The summed E-state index contributed by atoms with van der Waals surface area (Å²) in [6.07, 6.45) is 1.50. The van der Waals surface area contributed by atoms with Gasteiger partial charge in [-0.3, -0.25) is 0 Å².